The predicted molar refractivity (Wildman–Crippen MR) is 59.5 cm³/mol. The third-order valence-electron chi connectivity index (χ3n) is 1.48. The summed E-state index contributed by atoms with van der Waals surface area (Å²) >= 11 is 4.82. The van der Waals surface area contributed by atoms with Crippen LogP contribution in [0.5, 0.6) is 0 Å². The van der Waals surface area contributed by atoms with Crippen molar-refractivity contribution < 1.29 is 0 Å². The average Bonchev–Trinajstić information content (AvgIpc) is 2.01. The van der Waals surface area contributed by atoms with E-state index in [4.69, 9.17) is 12.2 Å². The van der Waals surface area contributed by atoms with Crippen molar-refractivity contribution >= 4 is 18.4 Å². The average molecular weight is 211 g/mol. The molecule has 1 rings (SSSR count). The number of nitrogens with zero attached hydrogens (tertiary/aromatic N) is 1. The van der Waals surface area contributed by atoms with E-state index in [1.807, 2.05) is 0 Å². The number of hydrogen-bond acceptors (Lipinski definition) is 3. The molecule has 0 aliphatic carbocycles. The normalized spacial score (nSPS) is 11.4. The van der Waals surface area contributed by atoms with Gasteiger partial charge in [0, 0.05) is 18.8 Å². The van der Waals surface area contributed by atoms with Crippen LogP contribution in [0.25, 0.3) is 0 Å². The molecule has 0 fully saturated rings. The molecule has 0 aliphatic heterocycles. The lowest BCUT2D eigenvalue weighted by molar-refractivity contribution is 0.667. The van der Waals surface area contributed by atoms with Gasteiger partial charge >= 0.3 is 0 Å². The third kappa shape index (κ3) is 3.66. The Balaban J connectivity index is 2.82. The Morgan fingerprint density at radius 2 is 2.29 bits per heavy atom. The highest BCUT2D eigenvalue weighted by Crippen LogP contribution is 1.91. The van der Waals surface area contributed by atoms with E-state index in [9.17, 15) is 4.79 Å². The van der Waals surface area contributed by atoms with Crippen LogP contribution in [0.1, 0.15) is 19.5 Å². The first kappa shape index (κ1) is 10.8. The molecule has 0 atom stereocenters. The van der Waals surface area contributed by atoms with Crippen molar-refractivity contribution in [1.29, 1.82) is 0 Å². The van der Waals surface area contributed by atoms with E-state index in [0.29, 0.717) is 16.4 Å². The first-order valence-electron chi connectivity index (χ1n) is 4.41. The molecular weight excluding hydrogens is 198 g/mol. The lowest BCUT2D eigenvalue weighted by atomic mass is 10.2. The fraction of sp³-hybridized carbons (Fsp3) is 0.444. The second-order valence-corrected chi connectivity index (χ2v) is 3.84. The van der Waals surface area contributed by atoms with Crippen molar-refractivity contribution in [2.75, 3.05) is 6.54 Å². The van der Waals surface area contributed by atoms with Gasteiger partial charge in [0.15, 0.2) is 4.77 Å². The van der Waals surface area contributed by atoms with Gasteiger partial charge in [-0.15, -0.1) is 0 Å². The third-order valence-corrected chi connectivity index (χ3v) is 1.69. The smallest absolute Gasteiger partial charge is 0.252 e. The van der Waals surface area contributed by atoms with Crippen LogP contribution in [0.4, 0.5) is 0 Å². The molecule has 0 saturated carbocycles. The highest BCUT2D eigenvalue weighted by Gasteiger charge is 1.91. The summed E-state index contributed by atoms with van der Waals surface area (Å²) in [6.45, 7) is 4.90. The van der Waals surface area contributed by atoms with Crippen LogP contribution in [0.15, 0.2) is 15.9 Å². The van der Waals surface area contributed by atoms with Gasteiger partial charge in [0.2, 0.25) is 0 Å². The maximum absolute atomic E-state index is 11.0. The second kappa shape index (κ2) is 4.85. The SMILES string of the molecule is CC(C)CN=Cc1cc(=O)[nH]c(=S)[nH]1. The summed E-state index contributed by atoms with van der Waals surface area (Å²) in [5.74, 6) is 0.510. The van der Waals surface area contributed by atoms with Gasteiger partial charge in [-0.2, -0.15) is 0 Å². The van der Waals surface area contributed by atoms with Crippen LogP contribution in [0.2, 0.25) is 0 Å². The summed E-state index contributed by atoms with van der Waals surface area (Å²) in [5, 5.41) is 0. The van der Waals surface area contributed by atoms with E-state index in [-0.39, 0.29) is 5.56 Å². The number of rotatable bonds is 3. The van der Waals surface area contributed by atoms with Crippen LogP contribution < -0.4 is 5.56 Å². The van der Waals surface area contributed by atoms with Gasteiger partial charge in [0.25, 0.3) is 5.56 Å². The van der Waals surface area contributed by atoms with E-state index < -0.39 is 0 Å². The van der Waals surface area contributed by atoms with E-state index in [2.05, 4.69) is 28.8 Å². The lowest BCUT2D eigenvalue weighted by Gasteiger charge is -1.97. The van der Waals surface area contributed by atoms with Gasteiger partial charge in [0.05, 0.1) is 5.69 Å². The molecule has 1 aromatic rings. The number of nitrogens with one attached hydrogen (secondary N) is 2. The quantitative estimate of drug-likeness (QED) is 0.588. The Morgan fingerprint density at radius 1 is 1.57 bits per heavy atom. The summed E-state index contributed by atoms with van der Waals surface area (Å²) in [4.78, 5) is 20.5. The molecule has 5 heteroatoms. The topological polar surface area (TPSA) is 61.0 Å². The summed E-state index contributed by atoms with van der Waals surface area (Å²) in [6, 6.07) is 1.43. The summed E-state index contributed by atoms with van der Waals surface area (Å²) < 4.78 is 0.323. The van der Waals surface area contributed by atoms with Crippen LogP contribution in [0.3, 0.4) is 0 Å². The first-order chi connectivity index (χ1) is 6.58. The zero-order chi connectivity index (χ0) is 10.6. The fourth-order valence-electron chi connectivity index (χ4n) is 0.919. The van der Waals surface area contributed by atoms with Gasteiger partial charge in [-0.05, 0) is 18.1 Å². The lowest BCUT2D eigenvalue weighted by Crippen LogP contribution is -2.08. The molecule has 1 heterocycles. The molecule has 76 valence electrons. The van der Waals surface area contributed by atoms with Crippen LogP contribution in [0, 0.1) is 10.7 Å². The minimum absolute atomic E-state index is 0.209. The minimum atomic E-state index is -0.209. The molecule has 0 aromatic carbocycles. The zero-order valence-corrected chi connectivity index (χ0v) is 9.02. The Kier molecular flexibility index (Phi) is 3.76. The van der Waals surface area contributed by atoms with Gasteiger partial charge in [0.1, 0.15) is 0 Å². The fourth-order valence-corrected chi connectivity index (χ4v) is 1.14. The molecule has 1 aromatic heterocycles. The minimum Gasteiger partial charge on any atom is -0.331 e. The van der Waals surface area contributed by atoms with Gasteiger partial charge in [-0.3, -0.25) is 14.8 Å². The maximum atomic E-state index is 11.0. The van der Waals surface area contributed by atoms with Gasteiger partial charge in [-0.1, -0.05) is 13.8 Å². The zero-order valence-electron chi connectivity index (χ0n) is 8.20. The van der Waals surface area contributed by atoms with Crippen LogP contribution in [-0.4, -0.2) is 22.7 Å². The molecule has 0 saturated heterocycles. The van der Waals surface area contributed by atoms with Gasteiger partial charge < -0.3 is 4.98 Å². The number of aromatic nitrogens is 2. The number of aromatic amines is 2. The highest BCUT2D eigenvalue weighted by atomic mass is 32.1. The monoisotopic (exact) mass is 211 g/mol. The Hall–Kier alpha value is -1.23. The molecule has 2 N–H and O–H groups in total. The molecule has 0 radical (unpaired) electrons. The second-order valence-electron chi connectivity index (χ2n) is 3.43. The molecule has 0 unspecified atom stereocenters. The summed E-state index contributed by atoms with van der Waals surface area (Å²) in [6.07, 6.45) is 1.63. The Labute approximate surface area is 87.1 Å². The molecule has 0 amide bonds. The predicted octanol–water partition coefficient (Wildman–Crippen LogP) is 1.51. The van der Waals surface area contributed by atoms with Crippen LogP contribution >= 0.6 is 12.2 Å². The largest absolute Gasteiger partial charge is 0.331 e. The molecule has 0 bridgehead atoms. The van der Waals surface area contributed by atoms with Crippen molar-refractivity contribution in [2.45, 2.75) is 13.8 Å². The maximum Gasteiger partial charge on any atom is 0.252 e. The number of H-pyrrole nitrogens is 2. The molecule has 4 nitrogen and oxygen atoms in total. The van der Waals surface area contributed by atoms with Crippen molar-refractivity contribution in [1.82, 2.24) is 9.97 Å². The van der Waals surface area contributed by atoms with E-state index in [1.54, 1.807) is 6.21 Å². The molecule has 0 aliphatic rings. The highest BCUT2D eigenvalue weighted by molar-refractivity contribution is 7.71. The molecule has 0 spiro atoms. The van der Waals surface area contributed by atoms with Crippen molar-refractivity contribution in [3.8, 4) is 0 Å². The van der Waals surface area contributed by atoms with Gasteiger partial charge in [-0.25, -0.2) is 0 Å². The molecule has 14 heavy (non-hydrogen) atoms. The number of hydrogen-bond donors (Lipinski definition) is 2. The Morgan fingerprint density at radius 3 is 2.86 bits per heavy atom. The standard InChI is InChI=1S/C9H13N3OS/c1-6(2)4-10-5-7-3-8(13)12-9(14)11-7/h3,5-6H,4H2,1-2H3,(H2,11,12,13,14). The van der Waals surface area contributed by atoms with E-state index in [1.165, 1.54) is 6.07 Å². The molecular formula is C9H13N3OS. The van der Waals surface area contributed by atoms with E-state index >= 15 is 0 Å². The Bertz CT molecular complexity index is 402. The van der Waals surface area contributed by atoms with Crippen LogP contribution in [-0.2, 0) is 0 Å². The van der Waals surface area contributed by atoms with E-state index in [0.717, 1.165) is 6.54 Å². The van der Waals surface area contributed by atoms with Crippen molar-refractivity contribution in [3.05, 3.63) is 26.9 Å². The first-order valence-corrected chi connectivity index (χ1v) is 4.82. The van der Waals surface area contributed by atoms with Crippen molar-refractivity contribution in [3.63, 3.8) is 0 Å². The number of aliphatic imine (C=N–C) groups is 1. The summed E-state index contributed by atoms with van der Waals surface area (Å²) in [7, 11) is 0. The van der Waals surface area contributed by atoms with Crippen molar-refractivity contribution in [2.24, 2.45) is 10.9 Å². The summed E-state index contributed by atoms with van der Waals surface area (Å²) in [5.41, 5.74) is 0.430.